The van der Waals surface area contributed by atoms with E-state index in [2.05, 4.69) is 12.1 Å². The van der Waals surface area contributed by atoms with Crippen molar-refractivity contribution in [1.82, 2.24) is 0 Å². The maximum Gasteiger partial charge on any atom is 0.184 e. The largest absolute Gasteiger partial charge is 0.475 e. The Morgan fingerprint density at radius 1 is 1.59 bits per heavy atom. The SMILES string of the molecule is CCC(C#N)Oc1cccc2c1CCCC2N. The zero-order valence-electron chi connectivity index (χ0n) is 10.1. The molecule has 1 aliphatic carbocycles. The number of rotatable bonds is 3. The average Bonchev–Trinajstić information content (AvgIpc) is 2.37. The summed E-state index contributed by atoms with van der Waals surface area (Å²) in [4.78, 5) is 0. The highest BCUT2D eigenvalue weighted by Gasteiger charge is 2.20. The van der Waals surface area contributed by atoms with Gasteiger partial charge >= 0.3 is 0 Å². The van der Waals surface area contributed by atoms with Gasteiger partial charge in [0.15, 0.2) is 6.10 Å². The molecule has 0 amide bonds. The van der Waals surface area contributed by atoms with Gasteiger partial charge in [0, 0.05) is 6.04 Å². The highest BCUT2D eigenvalue weighted by molar-refractivity contribution is 5.43. The first-order valence-corrected chi connectivity index (χ1v) is 6.20. The molecule has 3 nitrogen and oxygen atoms in total. The molecule has 1 aromatic carbocycles. The van der Waals surface area contributed by atoms with Crippen LogP contribution in [0.3, 0.4) is 0 Å². The Morgan fingerprint density at radius 2 is 2.41 bits per heavy atom. The maximum absolute atomic E-state index is 8.94. The van der Waals surface area contributed by atoms with Gasteiger partial charge in [0.2, 0.25) is 0 Å². The number of nitriles is 1. The van der Waals surface area contributed by atoms with Crippen molar-refractivity contribution in [3.05, 3.63) is 29.3 Å². The third kappa shape index (κ3) is 2.42. The minimum atomic E-state index is -0.361. The molecule has 2 N–H and O–H groups in total. The van der Waals surface area contributed by atoms with Crippen molar-refractivity contribution in [2.75, 3.05) is 0 Å². The molecular weight excluding hydrogens is 212 g/mol. The Balaban J connectivity index is 2.30. The van der Waals surface area contributed by atoms with Crippen LogP contribution >= 0.6 is 0 Å². The fraction of sp³-hybridized carbons (Fsp3) is 0.500. The van der Waals surface area contributed by atoms with Crippen LogP contribution in [-0.4, -0.2) is 6.10 Å². The van der Waals surface area contributed by atoms with E-state index in [9.17, 15) is 0 Å². The van der Waals surface area contributed by atoms with E-state index in [1.807, 2.05) is 19.1 Å². The molecule has 2 atom stereocenters. The molecule has 1 aromatic rings. The standard InChI is InChI=1S/C14H18N2O/c1-2-10(9-15)17-14-8-4-5-11-12(14)6-3-7-13(11)16/h4-5,8,10,13H,2-3,6-7,16H2,1H3. The fourth-order valence-electron chi connectivity index (χ4n) is 2.32. The van der Waals surface area contributed by atoms with Crippen LogP contribution in [0.15, 0.2) is 18.2 Å². The van der Waals surface area contributed by atoms with E-state index in [0.29, 0.717) is 6.42 Å². The van der Waals surface area contributed by atoms with Crippen molar-refractivity contribution >= 4 is 0 Å². The number of fused-ring (bicyclic) bond motifs is 1. The Bertz CT molecular complexity index is 436. The van der Waals surface area contributed by atoms with Crippen molar-refractivity contribution in [1.29, 1.82) is 5.26 Å². The predicted molar refractivity (Wildman–Crippen MR) is 66.6 cm³/mol. The first-order chi connectivity index (χ1) is 8.26. The van der Waals surface area contributed by atoms with Crippen LogP contribution in [0.25, 0.3) is 0 Å². The van der Waals surface area contributed by atoms with Gasteiger partial charge in [-0.05, 0) is 42.9 Å². The lowest BCUT2D eigenvalue weighted by Gasteiger charge is -2.25. The summed E-state index contributed by atoms with van der Waals surface area (Å²) in [5.41, 5.74) is 8.47. The topological polar surface area (TPSA) is 59.0 Å². The highest BCUT2D eigenvalue weighted by Crippen LogP contribution is 2.34. The van der Waals surface area contributed by atoms with Crippen LogP contribution in [0.2, 0.25) is 0 Å². The molecule has 0 aliphatic heterocycles. The second-order valence-electron chi connectivity index (χ2n) is 4.47. The third-order valence-electron chi connectivity index (χ3n) is 3.29. The summed E-state index contributed by atoms with van der Waals surface area (Å²) in [5, 5.41) is 8.94. The molecule has 2 rings (SSSR count). The molecule has 1 aliphatic rings. The normalized spacial score (nSPS) is 20.2. The van der Waals surface area contributed by atoms with Gasteiger partial charge in [0.05, 0.1) is 0 Å². The van der Waals surface area contributed by atoms with E-state index < -0.39 is 0 Å². The molecule has 0 fully saturated rings. The minimum Gasteiger partial charge on any atom is -0.475 e. The molecule has 90 valence electrons. The van der Waals surface area contributed by atoms with Gasteiger partial charge in [-0.15, -0.1) is 0 Å². The first-order valence-electron chi connectivity index (χ1n) is 6.20. The van der Waals surface area contributed by atoms with Crippen molar-refractivity contribution in [3.63, 3.8) is 0 Å². The van der Waals surface area contributed by atoms with Crippen molar-refractivity contribution in [2.45, 2.75) is 44.8 Å². The van der Waals surface area contributed by atoms with E-state index in [1.165, 1.54) is 11.1 Å². The van der Waals surface area contributed by atoms with Gasteiger partial charge < -0.3 is 10.5 Å². The summed E-state index contributed by atoms with van der Waals surface area (Å²) in [5.74, 6) is 0.839. The predicted octanol–water partition coefficient (Wildman–Crippen LogP) is 2.70. The number of hydrogen-bond donors (Lipinski definition) is 1. The number of hydrogen-bond acceptors (Lipinski definition) is 3. The Kier molecular flexibility index (Phi) is 3.65. The highest BCUT2D eigenvalue weighted by atomic mass is 16.5. The molecule has 0 aromatic heterocycles. The number of nitrogens with two attached hydrogens (primary N) is 1. The summed E-state index contributed by atoms with van der Waals surface area (Å²) in [6, 6.07) is 8.25. The monoisotopic (exact) mass is 230 g/mol. The average molecular weight is 230 g/mol. The van der Waals surface area contributed by atoms with Gasteiger partial charge in [-0.1, -0.05) is 19.1 Å². The van der Waals surface area contributed by atoms with Crippen LogP contribution < -0.4 is 10.5 Å². The second kappa shape index (κ2) is 5.20. The molecule has 3 heteroatoms. The summed E-state index contributed by atoms with van der Waals surface area (Å²) < 4.78 is 5.74. The molecule has 0 spiro atoms. The van der Waals surface area contributed by atoms with Crippen LogP contribution in [-0.2, 0) is 6.42 Å². The fourth-order valence-corrected chi connectivity index (χ4v) is 2.32. The molecule has 0 bridgehead atoms. The van der Waals surface area contributed by atoms with E-state index in [-0.39, 0.29) is 12.1 Å². The zero-order chi connectivity index (χ0) is 12.3. The van der Waals surface area contributed by atoms with Crippen molar-refractivity contribution in [2.24, 2.45) is 5.73 Å². The maximum atomic E-state index is 8.94. The first kappa shape index (κ1) is 11.9. The molecule has 0 heterocycles. The lowest BCUT2D eigenvalue weighted by Crippen LogP contribution is -2.20. The summed E-state index contributed by atoms with van der Waals surface area (Å²) in [7, 11) is 0. The van der Waals surface area contributed by atoms with E-state index >= 15 is 0 Å². The molecule has 0 saturated heterocycles. The Labute approximate surface area is 102 Å². The molecule has 17 heavy (non-hydrogen) atoms. The summed E-state index contributed by atoms with van der Waals surface area (Å²) in [6.45, 7) is 1.95. The molecular formula is C14H18N2O. The van der Waals surface area contributed by atoms with E-state index in [1.54, 1.807) is 0 Å². The van der Waals surface area contributed by atoms with Crippen LogP contribution in [0.5, 0.6) is 5.75 Å². The van der Waals surface area contributed by atoms with Crippen LogP contribution in [0, 0.1) is 11.3 Å². The summed E-state index contributed by atoms with van der Waals surface area (Å²) in [6.07, 6.45) is 3.47. The zero-order valence-corrected chi connectivity index (χ0v) is 10.1. The van der Waals surface area contributed by atoms with Gasteiger partial charge in [-0.3, -0.25) is 0 Å². The lowest BCUT2D eigenvalue weighted by atomic mass is 9.87. The number of nitrogens with zero attached hydrogens (tertiary/aromatic N) is 1. The lowest BCUT2D eigenvalue weighted by molar-refractivity contribution is 0.248. The van der Waals surface area contributed by atoms with Crippen LogP contribution in [0.4, 0.5) is 0 Å². The number of ether oxygens (including phenoxy) is 1. The van der Waals surface area contributed by atoms with E-state index in [0.717, 1.165) is 25.0 Å². The third-order valence-corrected chi connectivity index (χ3v) is 3.29. The quantitative estimate of drug-likeness (QED) is 0.868. The minimum absolute atomic E-state index is 0.115. The number of benzene rings is 1. The molecule has 0 radical (unpaired) electrons. The van der Waals surface area contributed by atoms with Crippen molar-refractivity contribution < 1.29 is 4.74 Å². The summed E-state index contributed by atoms with van der Waals surface area (Å²) >= 11 is 0. The van der Waals surface area contributed by atoms with Gasteiger partial charge in [-0.25, -0.2) is 0 Å². The molecule has 0 saturated carbocycles. The second-order valence-corrected chi connectivity index (χ2v) is 4.47. The molecule has 2 unspecified atom stereocenters. The van der Waals surface area contributed by atoms with Gasteiger partial charge in [0.1, 0.15) is 11.8 Å². The van der Waals surface area contributed by atoms with E-state index in [4.69, 9.17) is 15.7 Å². The van der Waals surface area contributed by atoms with Crippen molar-refractivity contribution in [3.8, 4) is 11.8 Å². The van der Waals surface area contributed by atoms with Crippen LogP contribution in [0.1, 0.15) is 43.4 Å². The Morgan fingerprint density at radius 3 is 3.12 bits per heavy atom. The van der Waals surface area contributed by atoms with Gasteiger partial charge in [0.25, 0.3) is 0 Å². The smallest absolute Gasteiger partial charge is 0.184 e. The Hall–Kier alpha value is -1.53. The van der Waals surface area contributed by atoms with Gasteiger partial charge in [-0.2, -0.15) is 5.26 Å².